The third kappa shape index (κ3) is 3.88. The molecule has 140 valence electrons. The minimum Gasteiger partial charge on any atom is -0.462 e. The monoisotopic (exact) mass is 403 g/mol. The Hall–Kier alpha value is -2.65. The molecule has 1 atom stereocenters. The molecule has 0 saturated heterocycles. The Bertz CT molecular complexity index is 1060. The quantitative estimate of drug-likeness (QED) is 0.519. The molecule has 1 N–H and O–H groups in total. The van der Waals surface area contributed by atoms with E-state index in [-0.39, 0.29) is 12.5 Å². The second kappa shape index (κ2) is 7.93. The topological polar surface area (TPSA) is 98.2 Å². The SMILES string of the molecule is CCOC(=O)c1ccc(C)c(NC(=O)c2csc3c([S@](C)=O)ncnc23)c1. The van der Waals surface area contributed by atoms with Crippen LogP contribution in [0.15, 0.2) is 34.9 Å². The highest BCUT2D eigenvalue weighted by Gasteiger charge is 2.19. The number of esters is 1. The molecule has 0 fully saturated rings. The Balaban J connectivity index is 1.93. The first-order valence-electron chi connectivity index (χ1n) is 8.07. The largest absolute Gasteiger partial charge is 0.462 e. The molecular formula is C18H17N3O4S2. The van der Waals surface area contributed by atoms with Gasteiger partial charge in [0.2, 0.25) is 0 Å². The number of aryl methyl sites for hydroxylation is 1. The van der Waals surface area contributed by atoms with Crippen LogP contribution in [0.1, 0.15) is 33.2 Å². The highest BCUT2D eigenvalue weighted by atomic mass is 32.2. The number of ether oxygens (including phenoxy) is 1. The van der Waals surface area contributed by atoms with E-state index in [0.717, 1.165) is 5.56 Å². The lowest BCUT2D eigenvalue weighted by molar-refractivity contribution is 0.0526. The van der Waals surface area contributed by atoms with Crippen molar-refractivity contribution in [1.29, 1.82) is 0 Å². The fourth-order valence-electron chi connectivity index (χ4n) is 2.48. The van der Waals surface area contributed by atoms with Gasteiger partial charge in [0.1, 0.15) is 11.4 Å². The molecule has 9 heteroatoms. The van der Waals surface area contributed by atoms with Crippen molar-refractivity contribution in [1.82, 2.24) is 9.97 Å². The summed E-state index contributed by atoms with van der Waals surface area (Å²) in [6.45, 7) is 3.84. The van der Waals surface area contributed by atoms with Crippen LogP contribution < -0.4 is 5.32 Å². The molecule has 0 saturated carbocycles. The normalized spacial score (nSPS) is 12.0. The van der Waals surface area contributed by atoms with Crippen LogP contribution in [0.5, 0.6) is 0 Å². The summed E-state index contributed by atoms with van der Waals surface area (Å²) in [5, 5.41) is 4.88. The summed E-state index contributed by atoms with van der Waals surface area (Å²) in [5.74, 6) is -0.811. The summed E-state index contributed by atoms with van der Waals surface area (Å²) >= 11 is 1.27. The van der Waals surface area contributed by atoms with Gasteiger partial charge in [-0.25, -0.2) is 14.8 Å². The summed E-state index contributed by atoms with van der Waals surface area (Å²) in [4.78, 5) is 32.9. The van der Waals surface area contributed by atoms with E-state index < -0.39 is 16.8 Å². The fourth-order valence-corrected chi connectivity index (χ4v) is 4.41. The van der Waals surface area contributed by atoms with Crippen molar-refractivity contribution in [3.8, 4) is 0 Å². The molecule has 0 aliphatic carbocycles. The van der Waals surface area contributed by atoms with Gasteiger partial charge in [-0.15, -0.1) is 11.3 Å². The lowest BCUT2D eigenvalue weighted by Gasteiger charge is -2.10. The fraction of sp³-hybridized carbons (Fsp3) is 0.222. The first-order chi connectivity index (χ1) is 12.9. The van der Waals surface area contributed by atoms with Gasteiger partial charge < -0.3 is 10.1 Å². The molecule has 0 bridgehead atoms. The maximum Gasteiger partial charge on any atom is 0.338 e. The van der Waals surface area contributed by atoms with Crippen molar-refractivity contribution < 1.29 is 18.5 Å². The van der Waals surface area contributed by atoms with Gasteiger partial charge in [0.15, 0.2) is 0 Å². The number of thiophene rings is 1. The number of aromatic nitrogens is 2. The number of hydrogen-bond acceptors (Lipinski definition) is 7. The van der Waals surface area contributed by atoms with Crippen molar-refractivity contribution in [2.45, 2.75) is 18.9 Å². The van der Waals surface area contributed by atoms with E-state index in [1.165, 1.54) is 23.9 Å². The average molecular weight is 403 g/mol. The number of rotatable bonds is 5. The molecule has 0 aliphatic rings. The molecule has 0 aliphatic heterocycles. The molecule has 27 heavy (non-hydrogen) atoms. The Morgan fingerprint density at radius 2 is 2.07 bits per heavy atom. The standard InChI is InChI=1S/C18H17N3O4S2/c1-4-25-18(23)11-6-5-10(2)13(7-11)21-16(22)12-8-26-15-14(12)19-9-20-17(15)27(3)24/h5-9H,4H2,1-3H3,(H,21,22)/t27-/m0/s1. The van der Waals surface area contributed by atoms with Gasteiger partial charge in [0.25, 0.3) is 5.91 Å². The number of anilines is 1. The minimum absolute atomic E-state index is 0.274. The van der Waals surface area contributed by atoms with Crippen molar-refractivity contribution in [3.63, 3.8) is 0 Å². The van der Waals surface area contributed by atoms with Crippen LogP contribution in [0.25, 0.3) is 10.2 Å². The van der Waals surface area contributed by atoms with E-state index in [9.17, 15) is 13.8 Å². The van der Waals surface area contributed by atoms with Crippen molar-refractivity contribution in [2.24, 2.45) is 0 Å². The third-order valence-electron chi connectivity index (χ3n) is 3.83. The Labute approximate surface area is 162 Å². The van der Waals surface area contributed by atoms with Crippen LogP contribution in [0.4, 0.5) is 5.69 Å². The Kier molecular flexibility index (Phi) is 5.62. The molecular weight excluding hydrogens is 386 g/mol. The Morgan fingerprint density at radius 3 is 2.78 bits per heavy atom. The number of carbonyl (C=O) groups is 2. The molecule has 2 aromatic heterocycles. The molecule has 7 nitrogen and oxygen atoms in total. The number of amides is 1. The molecule has 0 spiro atoms. The summed E-state index contributed by atoms with van der Waals surface area (Å²) in [7, 11) is -1.28. The summed E-state index contributed by atoms with van der Waals surface area (Å²) in [6.07, 6.45) is 2.83. The second-order valence-electron chi connectivity index (χ2n) is 5.66. The van der Waals surface area contributed by atoms with E-state index in [1.54, 1.807) is 30.5 Å². The number of nitrogens with one attached hydrogen (secondary N) is 1. The van der Waals surface area contributed by atoms with Gasteiger partial charge in [-0.05, 0) is 31.5 Å². The van der Waals surface area contributed by atoms with Crippen LogP contribution in [0.3, 0.4) is 0 Å². The zero-order valence-electron chi connectivity index (χ0n) is 14.9. The molecule has 2 heterocycles. The predicted octanol–water partition coefficient (Wildman–Crippen LogP) is 3.17. The smallest absolute Gasteiger partial charge is 0.338 e. The van der Waals surface area contributed by atoms with Crippen LogP contribution in [-0.4, -0.2) is 38.9 Å². The molecule has 0 radical (unpaired) electrons. The maximum atomic E-state index is 12.8. The van der Waals surface area contributed by atoms with Gasteiger partial charge >= 0.3 is 5.97 Å². The van der Waals surface area contributed by atoms with Gasteiger partial charge in [-0.2, -0.15) is 0 Å². The summed E-state index contributed by atoms with van der Waals surface area (Å²) in [5.41, 5.74) is 2.50. The van der Waals surface area contributed by atoms with E-state index in [1.807, 2.05) is 6.92 Å². The minimum atomic E-state index is -1.28. The van der Waals surface area contributed by atoms with E-state index in [0.29, 0.717) is 32.1 Å². The number of hydrogen-bond donors (Lipinski definition) is 1. The number of benzene rings is 1. The number of carbonyl (C=O) groups excluding carboxylic acids is 2. The van der Waals surface area contributed by atoms with Crippen molar-refractivity contribution in [3.05, 3.63) is 46.6 Å². The molecule has 3 rings (SSSR count). The van der Waals surface area contributed by atoms with Crippen LogP contribution in [-0.2, 0) is 15.5 Å². The zero-order valence-corrected chi connectivity index (χ0v) is 16.6. The Morgan fingerprint density at radius 1 is 1.30 bits per heavy atom. The van der Waals surface area contributed by atoms with Crippen LogP contribution in [0.2, 0.25) is 0 Å². The van der Waals surface area contributed by atoms with Gasteiger partial charge in [0, 0.05) is 17.3 Å². The number of fused-ring (bicyclic) bond motifs is 1. The zero-order chi connectivity index (χ0) is 19.6. The molecule has 1 amide bonds. The van der Waals surface area contributed by atoms with Crippen LogP contribution >= 0.6 is 11.3 Å². The van der Waals surface area contributed by atoms with Gasteiger partial charge in [-0.1, -0.05) is 6.07 Å². The molecule has 0 unspecified atom stereocenters. The maximum absolute atomic E-state index is 12.8. The van der Waals surface area contributed by atoms with Crippen LogP contribution in [0, 0.1) is 6.92 Å². The highest BCUT2D eigenvalue weighted by molar-refractivity contribution is 7.84. The van der Waals surface area contributed by atoms with E-state index >= 15 is 0 Å². The number of nitrogens with zero attached hydrogens (tertiary/aromatic N) is 2. The van der Waals surface area contributed by atoms with Crippen molar-refractivity contribution >= 4 is 49.9 Å². The first kappa shape index (κ1) is 19.1. The van der Waals surface area contributed by atoms with E-state index in [4.69, 9.17) is 4.74 Å². The van der Waals surface area contributed by atoms with Gasteiger partial charge in [-0.3, -0.25) is 9.00 Å². The highest BCUT2D eigenvalue weighted by Crippen LogP contribution is 2.28. The van der Waals surface area contributed by atoms with E-state index in [2.05, 4.69) is 15.3 Å². The predicted molar refractivity (Wildman–Crippen MR) is 105 cm³/mol. The molecule has 1 aromatic carbocycles. The summed E-state index contributed by atoms with van der Waals surface area (Å²) < 4.78 is 17.4. The average Bonchev–Trinajstić information content (AvgIpc) is 3.07. The third-order valence-corrected chi connectivity index (χ3v) is 5.79. The lowest BCUT2D eigenvalue weighted by Crippen LogP contribution is -2.14. The lowest BCUT2D eigenvalue weighted by atomic mass is 10.1. The molecule has 3 aromatic rings. The first-order valence-corrected chi connectivity index (χ1v) is 10.5. The summed E-state index contributed by atoms with van der Waals surface area (Å²) in [6, 6.07) is 4.98. The second-order valence-corrected chi connectivity index (χ2v) is 7.84. The van der Waals surface area contributed by atoms with Crippen molar-refractivity contribution in [2.75, 3.05) is 18.2 Å². The van der Waals surface area contributed by atoms with Gasteiger partial charge in [0.05, 0.1) is 38.7 Å².